The predicted octanol–water partition coefficient (Wildman–Crippen LogP) is 6.20. The molecule has 3 nitrogen and oxygen atoms in total. The van der Waals surface area contributed by atoms with E-state index in [0.29, 0.717) is 44.5 Å². The highest BCUT2D eigenvalue weighted by molar-refractivity contribution is 5.98. The molecule has 166 valence electrons. The van der Waals surface area contributed by atoms with Gasteiger partial charge in [-0.25, -0.2) is 0 Å². The predicted molar refractivity (Wildman–Crippen MR) is 126 cm³/mol. The van der Waals surface area contributed by atoms with Crippen LogP contribution in [0.5, 0.6) is 0 Å². The first-order valence-corrected chi connectivity index (χ1v) is 11.9. The number of hydrogen-bond donors (Lipinski definition) is 0. The van der Waals surface area contributed by atoms with E-state index in [9.17, 15) is 4.79 Å². The van der Waals surface area contributed by atoms with Crippen LogP contribution in [-0.4, -0.2) is 19.0 Å². The Hall–Kier alpha value is -2.49. The van der Waals surface area contributed by atoms with Gasteiger partial charge in [-0.15, -0.1) is 0 Å². The molecule has 2 aromatic rings. The maximum atomic E-state index is 12.9. The lowest BCUT2D eigenvalue weighted by Gasteiger charge is -2.29. The highest BCUT2D eigenvalue weighted by Gasteiger charge is 2.44. The Balaban J connectivity index is 1.31. The number of benzene rings is 2. The molecule has 1 unspecified atom stereocenters. The van der Waals surface area contributed by atoms with Crippen LogP contribution in [0.1, 0.15) is 49.7 Å². The third-order valence-corrected chi connectivity index (χ3v) is 7.21. The van der Waals surface area contributed by atoms with Gasteiger partial charge in [0.15, 0.2) is 5.78 Å². The molecule has 0 bridgehead atoms. The number of carbonyl (C=O) groups is 1. The molecular weight excluding hydrogens is 396 g/mol. The number of ether oxygens (including phenoxy) is 2. The van der Waals surface area contributed by atoms with Gasteiger partial charge in [-0.2, -0.15) is 0 Å². The highest BCUT2D eigenvalue weighted by atomic mass is 16.5. The first-order valence-electron chi connectivity index (χ1n) is 11.9. The Bertz CT molecular complexity index is 958. The first kappa shape index (κ1) is 21.4. The summed E-state index contributed by atoms with van der Waals surface area (Å²) in [5.41, 5.74) is 6.16. The Morgan fingerprint density at radius 1 is 0.844 bits per heavy atom. The van der Waals surface area contributed by atoms with E-state index < -0.39 is 0 Å². The van der Waals surface area contributed by atoms with Crippen LogP contribution >= 0.6 is 0 Å². The zero-order valence-electron chi connectivity index (χ0n) is 18.7. The molecule has 0 saturated heterocycles. The lowest BCUT2D eigenvalue weighted by atomic mass is 9.85. The first-order chi connectivity index (χ1) is 15.7. The molecule has 1 saturated carbocycles. The number of rotatable bonds is 8. The molecule has 3 heteroatoms. The monoisotopic (exact) mass is 428 g/mol. The van der Waals surface area contributed by atoms with Crippen molar-refractivity contribution in [3.05, 3.63) is 94.6 Å². The van der Waals surface area contributed by atoms with Gasteiger partial charge >= 0.3 is 0 Å². The second-order valence-electron chi connectivity index (χ2n) is 9.74. The van der Waals surface area contributed by atoms with E-state index >= 15 is 0 Å². The topological polar surface area (TPSA) is 35.5 Å². The molecule has 3 aliphatic rings. The van der Waals surface area contributed by atoms with Crippen molar-refractivity contribution < 1.29 is 14.3 Å². The molecule has 0 heterocycles. The minimum absolute atomic E-state index is 0.0724. The third-order valence-electron chi connectivity index (χ3n) is 7.21. The van der Waals surface area contributed by atoms with Gasteiger partial charge in [0.05, 0.1) is 26.4 Å². The third kappa shape index (κ3) is 4.79. The molecule has 1 atom stereocenters. The van der Waals surface area contributed by atoms with Crippen LogP contribution in [0, 0.1) is 11.3 Å². The summed E-state index contributed by atoms with van der Waals surface area (Å²) in [4.78, 5) is 12.9. The number of ketones is 1. The Morgan fingerprint density at radius 2 is 1.47 bits per heavy atom. The average Bonchev–Trinajstić information content (AvgIpc) is 3.38. The largest absolute Gasteiger partial charge is 0.376 e. The molecule has 0 amide bonds. The van der Waals surface area contributed by atoms with Gasteiger partial charge in [0.1, 0.15) is 0 Å². The minimum atomic E-state index is -0.0724. The lowest BCUT2D eigenvalue weighted by molar-refractivity contribution is -0.116. The number of fused-ring (bicyclic) bond motifs is 1. The Kier molecular flexibility index (Phi) is 6.38. The summed E-state index contributed by atoms with van der Waals surface area (Å²) >= 11 is 0. The molecule has 5 rings (SSSR count). The maximum Gasteiger partial charge on any atom is 0.159 e. The molecule has 32 heavy (non-hydrogen) atoms. The molecule has 2 aromatic carbocycles. The molecule has 0 aliphatic heterocycles. The van der Waals surface area contributed by atoms with Crippen LogP contribution in [-0.2, 0) is 27.5 Å². The fourth-order valence-corrected chi connectivity index (χ4v) is 5.67. The molecule has 3 aliphatic carbocycles. The highest BCUT2D eigenvalue weighted by Crippen LogP contribution is 2.50. The molecule has 0 radical (unpaired) electrons. The zero-order valence-corrected chi connectivity index (χ0v) is 18.7. The molecule has 0 aromatic heterocycles. The second kappa shape index (κ2) is 9.56. The zero-order chi connectivity index (χ0) is 21.8. The fourth-order valence-electron chi connectivity index (χ4n) is 5.67. The van der Waals surface area contributed by atoms with E-state index in [-0.39, 0.29) is 5.41 Å². The van der Waals surface area contributed by atoms with E-state index in [0.717, 1.165) is 37.7 Å². The van der Waals surface area contributed by atoms with Crippen LogP contribution in [0.25, 0.3) is 0 Å². The van der Waals surface area contributed by atoms with Gasteiger partial charge in [-0.1, -0.05) is 72.3 Å². The molecule has 0 N–H and O–H groups in total. The van der Waals surface area contributed by atoms with Gasteiger partial charge in [-0.3, -0.25) is 4.79 Å². The summed E-state index contributed by atoms with van der Waals surface area (Å²) < 4.78 is 12.5. The van der Waals surface area contributed by atoms with Crippen molar-refractivity contribution in [3.8, 4) is 0 Å². The summed E-state index contributed by atoms with van der Waals surface area (Å²) in [6.07, 6.45) is 8.10. The van der Waals surface area contributed by atoms with Crippen LogP contribution in [0.3, 0.4) is 0 Å². The maximum absolute atomic E-state index is 12.9. The lowest BCUT2D eigenvalue weighted by Crippen LogP contribution is -2.30. The van der Waals surface area contributed by atoms with Gasteiger partial charge in [0.2, 0.25) is 0 Å². The van der Waals surface area contributed by atoms with E-state index in [1.165, 1.54) is 22.3 Å². The van der Waals surface area contributed by atoms with Crippen molar-refractivity contribution in [1.29, 1.82) is 0 Å². The van der Waals surface area contributed by atoms with Crippen molar-refractivity contribution in [2.24, 2.45) is 11.3 Å². The smallest absolute Gasteiger partial charge is 0.159 e. The average molecular weight is 429 g/mol. The van der Waals surface area contributed by atoms with Crippen LogP contribution in [0.15, 0.2) is 83.5 Å². The van der Waals surface area contributed by atoms with Crippen LogP contribution in [0.4, 0.5) is 0 Å². The Morgan fingerprint density at radius 3 is 2.09 bits per heavy atom. The molecular formula is C29H32O3. The summed E-state index contributed by atoms with van der Waals surface area (Å²) in [5, 5.41) is 0. The number of Topliss-reactive ketones (excluding diaryl/α,β-unsaturated/α-hetero) is 1. The summed E-state index contributed by atoms with van der Waals surface area (Å²) in [7, 11) is 0. The summed E-state index contributed by atoms with van der Waals surface area (Å²) in [5.74, 6) is 0.703. The quantitative estimate of drug-likeness (QED) is 0.502. The SMILES string of the molecule is O=C1CC2CC(COCc3ccccc3)(COCc3ccccc3)CC2=CC2=C1CCC2. The van der Waals surface area contributed by atoms with Crippen molar-refractivity contribution >= 4 is 5.78 Å². The molecule has 1 fully saturated rings. The van der Waals surface area contributed by atoms with E-state index in [1.54, 1.807) is 0 Å². The van der Waals surface area contributed by atoms with Gasteiger partial charge in [-0.05, 0) is 60.3 Å². The number of allylic oxidation sites excluding steroid dienone is 4. The van der Waals surface area contributed by atoms with E-state index in [1.807, 2.05) is 36.4 Å². The standard InChI is InChI=1S/C29H32O3/c30-28-15-26-17-29(20-31-18-22-8-3-1-4-9-22,21-32-19-23-10-5-2-6-11-23)16-25(26)14-24-12-7-13-27(24)28/h1-6,8-11,14,26H,7,12-13,15-21H2. The van der Waals surface area contributed by atoms with E-state index in [4.69, 9.17) is 9.47 Å². The van der Waals surface area contributed by atoms with Crippen LogP contribution < -0.4 is 0 Å². The minimum Gasteiger partial charge on any atom is -0.376 e. The fraction of sp³-hybridized carbons (Fsp3) is 0.414. The van der Waals surface area contributed by atoms with E-state index in [2.05, 4.69) is 30.3 Å². The van der Waals surface area contributed by atoms with Gasteiger partial charge in [0, 0.05) is 11.8 Å². The van der Waals surface area contributed by atoms with Gasteiger partial charge in [0.25, 0.3) is 0 Å². The molecule has 0 spiro atoms. The number of carbonyl (C=O) groups excluding carboxylic acids is 1. The van der Waals surface area contributed by atoms with Crippen molar-refractivity contribution in [3.63, 3.8) is 0 Å². The Labute approximate surface area is 191 Å². The second-order valence-corrected chi connectivity index (χ2v) is 9.74. The summed E-state index contributed by atoms with van der Waals surface area (Å²) in [6.45, 7) is 2.54. The van der Waals surface area contributed by atoms with Crippen molar-refractivity contribution in [2.45, 2.75) is 51.7 Å². The van der Waals surface area contributed by atoms with Crippen molar-refractivity contribution in [1.82, 2.24) is 0 Å². The van der Waals surface area contributed by atoms with Crippen molar-refractivity contribution in [2.75, 3.05) is 13.2 Å². The normalized spacial score (nSPS) is 21.8. The van der Waals surface area contributed by atoms with Gasteiger partial charge < -0.3 is 9.47 Å². The van der Waals surface area contributed by atoms with Crippen LogP contribution in [0.2, 0.25) is 0 Å². The summed E-state index contributed by atoms with van der Waals surface area (Å²) in [6, 6.07) is 20.7. The number of hydrogen-bond acceptors (Lipinski definition) is 3.